The fourth-order valence-electron chi connectivity index (χ4n) is 0. The number of carbonyl (C=O) groups excluding carboxylic acids is 1. The smallest absolute Gasteiger partial charge is 0.550 e. The van der Waals surface area contributed by atoms with Gasteiger partial charge >= 0.3 is 38.2 Å². The van der Waals surface area contributed by atoms with E-state index in [9.17, 15) is 0 Å². The molecule has 0 aromatic rings. The second-order valence-electron chi connectivity index (χ2n) is 0.492. The third kappa shape index (κ3) is 131. The molecule has 0 spiro atoms. The first kappa shape index (κ1) is 15.9. The molecule has 0 rings (SSSR count). The summed E-state index contributed by atoms with van der Waals surface area (Å²) in [4.78, 5) is 8.89. The van der Waals surface area contributed by atoms with E-state index in [1.807, 2.05) is 0 Å². The van der Waals surface area contributed by atoms with E-state index in [0.717, 1.165) is 6.92 Å². The summed E-state index contributed by atoms with van der Waals surface area (Å²) in [5.74, 6) is -1.08. The van der Waals surface area contributed by atoms with Gasteiger partial charge in [-0.3, -0.25) is 0 Å². The Morgan fingerprint density at radius 3 is 1.67 bits per heavy atom. The molecule has 4 heteroatoms. The van der Waals surface area contributed by atoms with Gasteiger partial charge in [0.05, 0.1) is 0 Å². The van der Waals surface area contributed by atoms with Crippen molar-refractivity contribution in [3.63, 3.8) is 0 Å². The Balaban J connectivity index is -0.0000000450. The van der Waals surface area contributed by atoms with E-state index in [1.54, 1.807) is 0 Å². The molecule has 0 bridgehead atoms. The zero-order valence-corrected chi connectivity index (χ0v) is 5.16. The third-order valence-electron chi connectivity index (χ3n) is 0. The number of rotatable bonds is 0. The van der Waals surface area contributed by atoms with E-state index in [0.29, 0.717) is 0 Å². The number of carboxylic acid groups (broad SMARTS) is 1. The Bertz CT molecular complexity index is 31.8. The maximum absolute atomic E-state index is 8.89. The van der Waals surface area contributed by atoms with Crippen molar-refractivity contribution in [2.45, 2.75) is 6.92 Å². The molecule has 0 amide bonds. The van der Waals surface area contributed by atoms with Crippen molar-refractivity contribution in [3.8, 4) is 0 Å². The van der Waals surface area contributed by atoms with Crippen LogP contribution in [-0.4, -0.2) is 11.4 Å². The van der Waals surface area contributed by atoms with Crippen LogP contribution in [0.3, 0.4) is 0 Å². The van der Waals surface area contributed by atoms with Gasteiger partial charge in [-0.2, -0.15) is 0 Å². The first-order chi connectivity index (χ1) is 1.73. The Hall–Kier alpha value is 0.703. The van der Waals surface area contributed by atoms with Crippen molar-refractivity contribution in [2.24, 2.45) is 0 Å². The molecule has 3 nitrogen and oxygen atoms in total. The largest absolute Gasteiger partial charge is 3.00 e. The molecule has 39 valence electrons. The number of carbonyl (C=O) groups is 1. The Morgan fingerprint density at radius 2 is 1.67 bits per heavy atom. The topological polar surface area (TPSA) is 71.6 Å². The van der Waals surface area contributed by atoms with E-state index in [4.69, 9.17) is 9.90 Å². The van der Waals surface area contributed by atoms with Gasteiger partial charge in [0.25, 0.3) is 0 Å². The molecule has 1 radical (unpaired) electrons. The quantitative estimate of drug-likeness (QED) is 0.487. The van der Waals surface area contributed by atoms with Crippen molar-refractivity contribution in [1.82, 2.24) is 0 Å². The average molecular weight is 240 g/mol. The molecule has 0 aliphatic heterocycles. The molecule has 0 aromatic heterocycles. The van der Waals surface area contributed by atoms with Crippen molar-refractivity contribution in [3.05, 3.63) is 0 Å². The van der Waals surface area contributed by atoms with E-state index in [-0.39, 0.29) is 43.6 Å². The minimum Gasteiger partial charge on any atom is -0.550 e. The molecule has 0 aliphatic rings. The fourth-order valence-corrected chi connectivity index (χ4v) is 0. The zero-order valence-electron chi connectivity index (χ0n) is 3.13. The number of hydrogen-bond donors (Lipinski definition) is 0. The van der Waals surface area contributed by atoms with E-state index < -0.39 is 5.97 Å². The molecule has 0 saturated carbocycles. The van der Waals surface area contributed by atoms with Gasteiger partial charge in [-0.25, -0.2) is 0 Å². The number of aliphatic carboxylic acids is 1. The van der Waals surface area contributed by atoms with Gasteiger partial charge < -0.3 is 15.4 Å². The molecule has 2 N–H and O–H groups in total. The first-order valence-electron chi connectivity index (χ1n) is 0.908. The van der Waals surface area contributed by atoms with Gasteiger partial charge in [-0.1, -0.05) is 0 Å². The van der Waals surface area contributed by atoms with Crippen LogP contribution >= 0.6 is 0 Å². The molecule has 0 fully saturated rings. The van der Waals surface area contributed by atoms with E-state index in [2.05, 4.69) is 0 Å². The summed E-state index contributed by atoms with van der Waals surface area (Å²) in [5, 5.41) is 8.89. The normalized spacial score (nSPS) is 4.17. The summed E-state index contributed by atoms with van der Waals surface area (Å²) in [7, 11) is 0. The van der Waals surface area contributed by atoms with Crippen molar-refractivity contribution in [2.75, 3.05) is 0 Å². The maximum atomic E-state index is 8.89. The van der Waals surface area contributed by atoms with Gasteiger partial charge in [0.2, 0.25) is 0 Å². The van der Waals surface area contributed by atoms with Crippen LogP contribution in [0, 0.1) is 38.2 Å². The molecule has 0 atom stereocenters. The van der Waals surface area contributed by atoms with E-state index >= 15 is 0 Å². The molecule has 0 saturated heterocycles. The van der Waals surface area contributed by atoms with Gasteiger partial charge in [-0.05, 0) is 6.92 Å². The third-order valence-corrected chi connectivity index (χ3v) is 0. The molecule has 0 heterocycles. The van der Waals surface area contributed by atoms with Crippen LogP contribution in [-0.2, 0) is 4.79 Å². The van der Waals surface area contributed by atoms with Gasteiger partial charge in [-0.15, -0.1) is 0 Å². The van der Waals surface area contributed by atoms with Crippen LogP contribution < -0.4 is 5.11 Å². The summed E-state index contributed by atoms with van der Waals surface area (Å²) in [5.41, 5.74) is 0. The number of carboxylic acids is 1. The molecule has 0 aliphatic carbocycles. The number of hydrogen-bond acceptors (Lipinski definition) is 2. The molecule has 0 unspecified atom stereocenters. The zero-order chi connectivity index (χ0) is 3.58. The van der Waals surface area contributed by atoms with Crippen molar-refractivity contribution in [1.29, 1.82) is 0 Å². The van der Waals surface area contributed by atoms with Crippen LogP contribution in [0.15, 0.2) is 0 Å². The monoisotopic (exact) mass is 241 g/mol. The minimum atomic E-state index is -1.08. The maximum Gasteiger partial charge on any atom is 3.00 e. The van der Waals surface area contributed by atoms with Crippen LogP contribution in [0.1, 0.15) is 6.92 Å². The second-order valence-corrected chi connectivity index (χ2v) is 0.492. The summed E-state index contributed by atoms with van der Waals surface area (Å²) in [6.45, 7) is 0.972. The summed E-state index contributed by atoms with van der Waals surface area (Å²) >= 11 is 0. The average Bonchev–Trinajstić information content (AvgIpc) is 0.811. The van der Waals surface area contributed by atoms with Crippen LogP contribution in [0.5, 0.6) is 0 Å². The SMILES string of the molecule is CC(=O)[O-].O.[Dy+3]. The predicted octanol–water partition coefficient (Wildman–Crippen LogP) is -2.07. The van der Waals surface area contributed by atoms with Gasteiger partial charge in [0.1, 0.15) is 0 Å². The van der Waals surface area contributed by atoms with Gasteiger partial charge in [0.15, 0.2) is 0 Å². The Kier molecular flexibility index (Phi) is 24.4. The van der Waals surface area contributed by atoms with E-state index in [1.165, 1.54) is 0 Å². The standard InChI is InChI=1S/C2H4O2.Dy.H2O/c1-2(3)4;;/h1H3,(H,3,4);;1H2/q;+3;/p-1. The second kappa shape index (κ2) is 9.20. The minimum absolute atomic E-state index is 0. The predicted molar refractivity (Wildman–Crippen MR) is 14.3 cm³/mol. The van der Waals surface area contributed by atoms with Crippen LogP contribution in [0.2, 0.25) is 0 Å². The van der Waals surface area contributed by atoms with Crippen LogP contribution in [0.4, 0.5) is 0 Å². The summed E-state index contributed by atoms with van der Waals surface area (Å²) < 4.78 is 0. The van der Waals surface area contributed by atoms with Crippen molar-refractivity contribution >= 4 is 5.97 Å². The van der Waals surface area contributed by atoms with Gasteiger partial charge in [0, 0.05) is 5.97 Å². The molecular formula is C2H5DyO3+2. The summed E-state index contributed by atoms with van der Waals surface area (Å²) in [6, 6.07) is 0. The van der Waals surface area contributed by atoms with Crippen molar-refractivity contribution < 1.29 is 53.6 Å². The van der Waals surface area contributed by atoms with Crippen LogP contribution in [0.25, 0.3) is 0 Å². The fraction of sp³-hybridized carbons (Fsp3) is 0.500. The molecule has 0 aromatic carbocycles. The molecular weight excluding hydrogens is 235 g/mol. The first-order valence-corrected chi connectivity index (χ1v) is 0.908. The molecule has 6 heavy (non-hydrogen) atoms. The summed E-state index contributed by atoms with van der Waals surface area (Å²) in [6.07, 6.45) is 0. The Labute approximate surface area is 66.1 Å². The Morgan fingerprint density at radius 1 is 1.67 bits per heavy atom.